The lowest BCUT2D eigenvalue weighted by atomic mass is 10.2. The maximum absolute atomic E-state index is 11.2. The topological polar surface area (TPSA) is 59.3 Å². The Balaban J connectivity index is 2.23. The lowest BCUT2D eigenvalue weighted by Crippen LogP contribution is -2.32. The predicted molar refractivity (Wildman–Crippen MR) is 64.2 cm³/mol. The molecule has 1 unspecified atom stereocenters. The summed E-state index contributed by atoms with van der Waals surface area (Å²) < 4.78 is 27.7. The van der Waals surface area contributed by atoms with Crippen molar-refractivity contribution in [1.82, 2.24) is 5.32 Å². The first-order chi connectivity index (χ1) is 7.53. The summed E-state index contributed by atoms with van der Waals surface area (Å²) >= 11 is 0. The number of hydrogen-bond donors (Lipinski definition) is 1. The van der Waals surface area contributed by atoms with Gasteiger partial charge >= 0.3 is 0 Å². The molecule has 0 amide bonds. The molecule has 1 rings (SSSR count). The van der Waals surface area contributed by atoms with Crippen LogP contribution >= 0.6 is 0 Å². The fourth-order valence-corrected chi connectivity index (χ4v) is 2.13. The third kappa shape index (κ3) is 4.81. The summed E-state index contributed by atoms with van der Waals surface area (Å²) in [4.78, 5) is 0. The smallest absolute Gasteiger partial charge is 0.151 e. The molecule has 0 saturated carbocycles. The summed E-state index contributed by atoms with van der Waals surface area (Å²) in [6.07, 6.45) is 2.42. The molecule has 92 valence electrons. The van der Waals surface area contributed by atoms with Crippen molar-refractivity contribution in [3.63, 3.8) is 0 Å². The van der Waals surface area contributed by atoms with Gasteiger partial charge in [0.25, 0.3) is 0 Å². The Morgan fingerprint density at radius 2 is 2.25 bits per heavy atom. The second-order valence-electron chi connectivity index (χ2n) is 3.88. The molecule has 1 aromatic rings. The summed E-state index contributed by atoms with van der Waals surface area (Å²) in [5, 5.41) is 3.17. The zero-order valence-corrected chi connectivity index (χ0v) is 10.6. The third-order valence-corrected chi connectivity index (χ3v) is 4.14. The first kappa shape index (κ1) is 13.3. The molecule has 1 aromatic heterocycles. The van der Waals surface area contributed by atoms with Crippen LogP contribution in [0.5, 0.6) is 0 Å². The molecule has 0 aliphatic carbocycles. The van der Waals surface area contributed by atoms with Crippen LogP contribution in [0, 0.1) is 0 Å². The van der Waals surface area contributed by atoms with Gasteiger partial charge in [0, 0.05) is 24.8 Å². The van der Waals surface area contributed by atoms with Crippen LogP contribution in [-0.2, 0) is 16.3 Å². The van der Waals surface area contributed by atoms with E-state index in [9.17, 15) is 8.42 Å². The lowest BCUT2D eigenvalue weighted by molar-refractivity contribution is 0.462. The van der Waals surface area contributed by atoms with Crippen LogP contribution in [-0.4, -0.2) is 32.5 Å². The van der Waals surface area contributed by atoms with Crippen LogP contribution < -0.4 is 5.32 Å². The fraction of sp³-hybridized carbons (Fsp3) is 0.636. The molecule has 4 nitrogen and oxygen atoms in total. The molecule has 1 atom stereocenters. The highest BCUT2D eigenvalue weighted by molar-refractivity contribution is 7.91. The summed E-state index contributed by atoms with van der Waals surface area (Å²) in [6, 6.07) is 3.99. The maximum atomic E-state index is 11.2. The molecule has 0 bridgehead atoms. The fourth-order valence-electron chi connectivity index (χ4n) is 1.41. The Bertz CT molecular complexity index is 383. The number of rotatable bonds is 7. The van der Waals surface area contributed by atoms with Gasteiger partial charge in [-0.3, -0.25) is 0 Å². The van der Waals surface area contributed by atoms with Crippen LogP contribution in [0.25, 0.3) is 0 Å². The largest absolute Gasteiger partial charge is 0.469 e. The van der Waals surface area contributed by atoms with Gasteiger partial charge < -0.3 is 9.73 Å². The van der Waals surface area contributed by atoms with E-state index >= 15 is 0 Å². The van der Waals surface area contributed by atoms with Gasteiger partial charge in [-0.1, -0.05) is 6.92 Å². The maximum Gasteiger partial charge on any atom is 0.151 e. The number of sulfone groups is 1. The highest BCUT2D eigenvalue weighted by Crippen LogP contribution is 2.03. The Morgan fingerprint density at radius 1 is 1.50 bits per heavy atom. The third-order valence-electron chi connectivity index (χ3n) is 2.43. The van der Waals surface area contributed by atoms with Crippen molar-refractivity contribution in [3.05, 3.63) is 24.2 Å². The normalized spacial score (nSPS) is 13.9. The average Bonchev–Trinajstić information content (AvgIpc) is 2.70. The molecule has 0 aliphatic heterocycles. The molecule has 1 heterocycles. The minimum Gasteiger partial charge on any atom is -0.469 e. The van der Waals surface area contributed by atoms with Gasteiger partial charge in [-0.15, -0.1) is 0 Å². The van der Waals surface area contributed by atoms with E-state index in [0.717, 1.165) is 12.2 Å². The summed E-state index contributed by atoms with van der Waals surface area (Å²) in [5.74, 6) is 1.33. The first-order valence-corrected chi connectivity index (χ1v) is 7.32. The van der Waals surface area contributed by atoms with E-state index < -0.39 is 9.84 Å². The molecule has 0 saturated heterocycles. The van der Waals surface area contributed by atoms with Gasteiger partial charge in [0.05, 0.1) is 12.0 Å². The zero-order chi connectivity index (χ0) is 12.0. The summed E-state index contributed by atoms with van der Waals surface area (Å²) in [5.41, 5.74) is 0. The van der Waals surface area contributed by atoms with Crippen molar-refractivity contribution in [3.8, 4) is 0 Å². The summed E-state index contributed by atoms with van der Waals surface area (Å²) in [7, 11) is -2.86. The number of hydrogen-bond acceptors (Lipinski definition) is 4. The Morgan fingerprint density at radius 3 is 2.81 bits per heavy atom. The van der Waals surface area contributed by atoms with Crippen LogP contribution in [0.2, 0.25) is 0 Å². The molecule has 5 heteroatoms. The van der Waals surface area contributed by atoms with Crippen molar-refractivity contribution < 1.29 is 12.8 Å². The highest BCUT2D eigenvalue weighted by atomic mass is 32.2. The van der Waals surface area contributed by atoms with Crippen molar-refractivity contribution in [2.75, 3.05) is 18.1 Å². The molecule has 0 fully saturated rings. The molecule has 0 spiro atoms. The van der Waals surface area contributed by atoms with E-state index in [0.29, 0.717) is 6.54 Å². The second-order valence-corrected chi connectivity index (χ2v) is 6.35. The van der Waals surface area contributed by atoms with Gasteiger partial charge in [-0.2, -0.15) is 0 Å². The van der Waals surface area contributed by atoms with E-state index in [1.165, 1.54) is 0 Å². The molecule has 1 N–H and O–H groups in total. The van der Waals surface area contributed by atoms with E-state index in [4.69, 9.17) is 4.42 Å². The van der Waals surface area contributed by atoms with Gasteiger partial charge in [0.15, 0.2) is 9.84 Å². The molecule has 0 aliphatic rings. The van der Waals surface area contributed by atoms with E-state index in [1.807, 2.05) is 19.1 Å². The van der Waals surface area contributed by atoms with Gasteiger partial charge in [-0.25, -0.2) is 8.42 Å². The standard InChI is InChI=1S/C11H19NO3S/c1-3-16(13,14)8-6-12-10(2)9-11-5-4-7-15-11/h4-5,7,10,12H,3,6,8-9H2,1-2H3. The van der Waals surface area contributed by atoms with Gasteiger partial charge in [0.1, 0.15) is 5.76 Å². The van der Waals surface area contributed by atoms with Crippen LogP contribution in [0.15, 0.2) is 22.8 Å². The van der Waals surface area contributed by atoms with Gasteiger partial charge in [0.2, 0.25) is 0 Å². The predicted octanol–water partition coefficient (Wildman–Crippen LogP) is 1.23. The van der Waals surface area contributed by atoms with Crippen molar-refractivity contribution in [2.24, 2.45) is 0 Å². The Kier molecular flexibility index (Phi) is 5.02. The molecule has 0 radical (unpaired) electrons. The average molecular weight is 245 g/mol. The SMILES string of the molecule is CCS(=O)(=O)CCNC(C)Cc1ccco1. The van der Waals surface area contributed by atoms with Crippen molar-refractivity contribution in [2.45, 2.75) is 26.3 Å². The first-order valence-electron chi connectivity index (χ1n) is 5.49. The van der Waals surface area contributed by atoms with Crippen LogP contribution in [0.3, 0.4) is 0 Å². The molecular formula is C11H19NO3S. The monoisotopic (exact) mass is 245 g/mol. The van der Waals surface area contributed by atoms with Gasteiger partial charge in [-0.05, 0) is 19.1 Å². The lowest BCUT2D eigenvalue weighted by Gasteiger charge is -2.11. The van der Waals surface area contributed by atoms with E-state index in [-0.39, 0.29) is 17.5 Å². The van der Waals surface area contributed by atoms with Crippen LogP contribution in [0.4, 0.5) is 0 Å². The number of nitrogens with one attached hydrogen (secondary N) is 1. The van der Waals surface area contributed by atoms with Crippen LogP contribution in [0.1, 0.15) is 19.6 Å². The zero-order valence-electron chi connectivity index (χ0n) is 9.77. The van der Waals surface area contributed by atoms with E-state index in [2.05, 4.69) is 5.32 Å². The molecule has 0 aromatic carbocycles. The molecular weight excluding hydrogens is 226 g/mol. The quantitative estimate of drug-likeness (QED) is 0.785. The Hall–Kier alpha value is -0.810. The minimum atomic E-state index is -2.86. The van der Waals surface area contributed by atoms with Crippen molar-refractivity contribution >= 4 is 9.84 Å². The molecule has 16 heavy (non-hydrogen) atoms. The summed E-state index contributed by atoms with van der Waals surface area (Å²) in [6.45, 7) is 4.18. The number of furan rings is 1. The second kappa shape index (κ2) is 6.06. The van der Waals surface area contributed by atoms with Crippen molar-refractivity contribution in [1.29, 1.82) is 0 Å². The highest BCUT2D eigenvalue weighted by Gasteiger charge is 2.09. The minimum absolute atomic E-state index is 0.200. The van der Waals surface area contributed by atoms with E-state index in [1.54, 1.807) is 13.2 Å². The Labute approximate surface area is 97.0 Å².